The highest BCUT2D eigenvalue weighted by atomic mass is 32.1. The van der Waals surface area contributed by atoms with E-state index in [1.165, 1.54) is 0 Å². The van der Waals surface area contributed by atoms with Gasteiger partial charge in [0.05, 0.1) is 5.56 Å². The van der Waals surface area contributed by atoms with Gasteiger partial charge in [0.2, 0.25) is 0 Å². The molecule has 0 spiro atoms. The Kier molecular flexibility index (Phi) is 7.21. The largest absolute Gasteiger partial charge is 0.478 e. The second kappa shape index (κ2) is 10.0. The summed E-state index contributed by atoms with van der Waals surface area (Å²) < 4.78 is 6.06. The van der Waals surface area contributed by atoms with Crippen LogP contribution in [0.3, 0.4) is 0 Å². The van der Waals surface area contributed by atoms with Crippen LogP contribution >= 0.6 is 11.3 Å². The Bertz CT molecular complexity index is 945. The van der Waals surface area contributed by atoms with E-state index in [0.29, 0.717) is 12.2 Å². The zero-order valence-corrected chi connectivity index (χ0v) is 17.3. The molecule has 1 saturated heterocycles. The zero-order valence-electron chi connectivity index (χ0n) is 16.5. The van der Waals surface area contributed by atoms with E-state index in [0.717, 1.165) is 61.3 Å². The molecular weight excluding hydrogens is 406 g/mol. The number of rotatable bonds is 3. The minimum atomic E-state index is -1.26. The van der Waals surface area contributed by atoms with Crippen LogP contribution in [0, 0.1) is 0 Å². The molecule has 0 saturated carbocycles. The molecule has 4 rings (SSSR count). The van der Waals surface area contributed by atoms with Crippen LogP contribution in [-0.2, 0) is 9.59 Å². The summed E-state index contributed by atoms with van der Waals surface area (Å²) in [5.41, 5.74) is 2.03. The Morgan fingerprint density at radius 3 is 2.37 bits per heavy atom. The third-order valence-electron chi connectivity index (χ3n) is 4.67. The van der Waals surface area contributed by atoms with Gasteiger partial charge in [0.1, 0.15) is 17.3 Å². The molecule has 2 aliphatic rings. The highest BCUT2D eigenvalue weighted by molar-refractivity contribution is 7.08. The summed E-state index contributed by atoms with van der Waals surface area (Å²) in [4.78, 5) is 28.9. The molecule has 3 heterocycles. The first kappa shape index (κ1) is 21.5. The molecule has 0 unspecified atom stereocenters. The number of aliphatic imine (C=N–C) groups is 1. The van der Waals surface area contributed by atoms with Crippen molar-refractivity contribution in [2.24, 2.45) is 4.99 Å². The molecule has 0 atom stereocenters. The molecule has 2 aromatic rings. The van der Waals surface area contributed by atoms with E-state index in [1.54, 1.807) is 11.3 Å². The Morgan fingerprint density at radius 1 is 1.07 bits per heavy atom. The molecule has 9 heteroatoms. The van der Waals surface area contributed by atoms with E-state index in [2.05, 4.69) is 27.5 Å². The predicted octanol–water partition coefficient (Wildman–Crippen LogP) is 3.28. The molecule has 0 aliphatic carbocycles. The number of hydrogen-bond donors (Lipinski definition) is 2. The van der Waals surface area contributed by atoms with Crippen LogP contribution in [0.15, 0.2) is 52.2 Å². The first-order chi connectivity index (χ1) is 14.5. The Hall–Kier alpha value is -3.17. The molecule has 30 heavy (non-hydrogen) atoms. The Labute approximate surface area is 178 Å². The van der Waals surface area contributed by atoms with E-state index in [-0.39, 0.29) is 0 Å². The lowest BCUT2D eigenvalue weighted by Gasteiger charge is -2.35. The average Bonchev–Trinajstić information content (AvgIpc) is 3.14. The third kappa shape index (κ3) is 5.46. The van der Waals surface area contributed by atoms with Crippen molar-refractivity contribution in [1.29, 1.82) is 0 Å². The number of piperazine rings is 1. The molecule has 1 aromatic heterocycles. The second-order valence-corrected chi connectivity index (χ2v) is 7.33. The van der Waals surface area contributed by atoms with E-state index < -0.39 is 11.9 Å². The maximum absolute atomic E-state index is 9.55. The van der Waals surface area contributed by atoms with Crippen molar-refractivity contribution in [2.45, 2.75) is 6.92 Å². The first-order valence-electron chi connectivity index (χ1n) is 9.51. The standard InChI is InChI=1S/C17H19N3OS.C4H4O4/c1-2-19-7-9-20(10-8-19)17-13-11-22-12-16(13)21-15-6-4-3-5-14(15)18-17;5-3(6)1-2-4(7)8/h3-6,11-12H,2,7-10H2,1H3;1-2H,(H,5,6)(H,7,8)/b;2-1+. The molecule has 2 aliphatic heterocycles. The number of carboxylic acid groups (broad SMARTS) is 2. The molecule has 158 valence electrons. The molecule has 8 nitrogen and oxygen atoms in total. The Morgan fingerprint density at radius 2 is 1.73 bits per heavy atom. The summed E-state index contributed by atoms with van der Waals surface area (Å²) in [5.74, 6) is 0.299. The predicted molar refractivity (Wildman–Crippen MR) is 115 cm³/mol. The first-order valence-corrected chi connectivity index (χ1v) is 10.5. The van der Waals surface area contributed by atoms with Gasteiger partial charge in [-0.15, -0.1) is 11.3 Å². The van der Waals surface area contributed by atoms with Crippen LogP contribution in [-0.4, -0.2) is 70.5 Å². The monoisotopic (exact) mass is 429 g/mol. The summed E-state index contributed by atoms with van der Waals surface area (Å²) >= 11 is 1.67. The minimum absolute atomic E-state index is 0.558. The molecule has 1 fully saturated rings. The van der Waals surface area contributed by atoms with Gasteiger partial charge in [-0.05, 0) is 18.7 Å². The van der Waals surface area contributed by atoms with Crippen molar-refractivity contribution in [2.75, 3.05) is 32.7 Å². The molecule has 0 bridgehead atoms. The number of carbonyl (C=O) groups is 2. The normalized spacial score (nSPS) is 15.8. The van der Waals surface area contributed by atoms with E-state index in [9.17, 15) is 9.59 Å². The van der Waals surface area contributed by atoms with Crippen molar-refractivity contribution in [3.05, 3.63) is 52.7 Å². The minimum Gasteiger partial charge on any atom is -0.478 e. The lowest BCUT2D eigenvalue weighted by molar-refractivity contribution is -0.134. The molecule has 1 aromatic carbocycles. The van der Waals surface area contributed by atoms with Gasteiger partial charge in [-0.25, -0.2) is 14.6 Å². The van der Waals surface area contributed by atoms with Gasteiger partial charge in [-0.2, -0.15) is 0 Å². The number of carboxylic acids is 2. The van der Waals surface area contributed by atoms with Crippen molar-refractivity contribution in [3.8, 4) is 11.5 Å². The smallest absolute Gasteiger partial charge is 0.328 e. The average molecular weight is 429 g/mol. The van der Waals surface area contributed by atoms with Gasteiger partial charge >= 0.3 is 11.9 Å². The van der Waals surface area contributed by atoms with Gasteiger partial charge in [0, 0.05) is 49.1 Å². The van der Waals surface area contributed by atoms with Crippen LogP contribution in [0.2, 0.25) is 0 Å². The van der Waals surface area contributed by atoms with Crippen LogP contribution in [0.25, 0.3) is 0 Å². The summed E-state index contributed by atoms with van der Waals surface area (Å²) in [5, 5.41) is 19.8. The molecule has 2 N–H and O–H groups in total. The van der Waals surface area contributed by atoms with Crippen LogP contribution in [0.4, 0.5) is 5.69 Å². The zero-order chi connectivity index (χ0) is 21.5. The van der Waals surface area contributed by atoms with Gasteiger partial charge in [-0.1, -0.05) is 19.1 Å². The quantitative estimate of drug-likeness (QED) is 0.722. The van der Waals surface area contributed by atoms with Crippen molar-refractivity contribution < 1.29 is 24.5 Å². The van der Waals surface area contributed by atoms with E-state index >= 15 is 0 Å². The lowest BCUT2D eigenvalue weighted by atomic mass is 10.2. The highest BCUT2D eigenvalue weighted by Gasteiger charge is 2.25. The number of benzene rings is 1. The van der Waals surface area contributed by atoms with Crippen LogP contribution in [0.5, 0.6) is 11.5 Å². The highest BCUT2D eigenvalue weighted by Crippen LogP contribution is 2.39. The molecular formula is C21H23N3O5S. The summed E-state index contributed by atoms with van der Waals surface area (Å²) in [6.07, 6.45) is 1.12. The Balaban J connectivity index is 0.000000275. The number of aliphatic carboxylic acids is 2. The third-order valence-corrected chi connectivity index (χ3v) is 5.39. The number of ether oxygens (including phenoxy) is 1. The number of likely N-dealkylation sites (N-methyl/N-ethyl adjacent to an activating group) is 1. The van der Waals surface area contributed by atoms with Crippen LogP contribution in [0.1, 0.15) is 12.5 Å². The van der Waals surface area contributed by atoms with Gasteiger partial charge in [-0.3, -0.25) is 0 Å². The van der Waals surface area contributed by atoms with Gasteiger partial charge in [0.25, 0.3) is 0 Å². The molecule has 0 radical (unpaired) electrons. The number of thiophene rings is 1. The van der Waals surface area contributed by atoms with E-state index in [1.807, 2.05) is 24.3 Å². The fourth-order valence-corrected chi connectivity index (χ4v) is 3.84. The summed E-state index contributed by atoms with van der Waals surface area (Å²) in [6, 6.07) is 8.01. The number of amidine groups is 1. The van der Waals surface area contributed by atoms with Gasteiger partial charge in [0.15, 0.2) is 5.75 Å². The fourth-order valence-electron chi connectivity index (χ4n) is 3.12. The van der Waals surface area contributed by atoms with Crippen LogP contribution < -0.4 is 4.74 Å². The van der Waals surface area contributed by atoms with Crippen molar-refractivity contribution >= 4 is 34.8 Å². The summed E-state index contributed by atoms with van der Waals surface area (Å²) in [7, 11) is 0. The maximum Gasteiger partial charge on any atom is 0.328 e. The number of hydrogen-bond acceptors (Lipinski definition) is 7. The number of para-hydroxylation sites is 2. The maximum atomic E-state index is 9.55. The number of fused-ring (bicyclic) bond motifs is 2. The SMILES string of the molecule is CCN1CCN(C2=Nc3ccccc3Oc3cscc32)CC1.O=C(O)/C=C/C(=O)O. The lowest BCUT2D eigenvalue weighted by Crippen LogP contribution is -2.48. The number of nitrogens with zero attached hydrogens (tertiary/aromatic N) is 3. The van der Waals surface area contributed by atoms with E-state index in [4.69, 9.17) is 19.9 Å². The van der Waals surface area contributed by atoms with Crippen molar-refractivity contribution in [1.82, 2.24) is 9.80 Å². The van der Waals surface area contributed by atoms with Crippen molar-refractivity contribution in [3.63, 3.8) is 0 Å². The fraction of sp³-hybridized carbons (Fsp3) is 0.286. The topological polar surface area (TPSA) is 103 Å². The summed E-state index contributed by atoms with van der Waals surface area (Å²) in [6.45, 7) is 7.57. The van der Waals surface area contributed by atoms with Gasteiger partial charge < -0.3 is 24.7 Å². The second-order valence-electron chi connectivity index (χ2n) is 6.59. The molecule has 0 amide bonds.